The second-order valence-electron chi connectivity index (χ2n) is 8.01. The molecular formula is C30H30. The Morgan fingerprint density at radius 3 is 0.867 bits per heavy atom. The van der Waals surface area contributed by atoms with Crippen molar-refractivity contribution in [3.05, 3.63) is 143 Å². The third-order valence-electron chi connectivity index (χ3n) is 5.95. The van der Waals surface area contributed by atoms with Crippen molar-refractivity contribution in [1.29, 1.82) is 0 Å². The van der Waals surface area contributed by atoms with Crippen molar-refractivity contribution >= 4 is 0 Å². The highest BCUT2D eigenvalue weighted by molar-refractivity contribution is 5.33. The van der Waals surface area contributed by atoms with E-state index in [1.165, 1.54) is 33.4 Å². The van der Waals surface area contributed by atoms with E-state index in [4.69, 9.17) is 0 Å². The van der Waals surface area contributed by atoms with Gasteiger partial charge in [0.2, 0.25) is 0 Å². The minimum absolute atomic E-state index is 1.10. The van der Waals surface area contributed by atoms with Crippen molar-refractivity contribution in [3.8, 4) is 0 Å². The highest BCUT2D eigenvalue weighted by Gasteiger charge is 2.07. The van der Waals surface area contributed by atoms with Crippen molar-refractivity contribution in [1.82, 2.24) is 0 Å². The maximum atomic E-state index is 2.31. The van der Waals surface area contributed by atoms with E-state index >= 15 is 0 Å². The summed E-state index contributed by atoms with van der Waals surface area (Å²) in [5.74, 6) is 0. The lowest BCUT2D eigenvalue weighted by molar-refractivity contribution is 0.870. The summed E-state index contributed by atoms with van der Waals surface area (Å²) in [4.78, 5) is 0. The van der Waals surface area contributed by atoms with Crippen LogP contribution in [0.5, 0.6) is 0 Å². The maximum Gasteiger partial charge on any atom is -0.0235 e. The summed E-state index contributed by atoms with van der Waals surface area (Å²) in [6, 6.07) is 39.6. The lowest BCUT2D eigenvalue weighted by atomic mass is 9.93. The third-order valence-corrected chi connectivity index (χ3v) is 5.95. The summed E-state index contributed by atoms with van der Waals surface area (Å²) in [5, 5.41) is 0. The fourth-order valence-corrected chi connectivity index (χ4v) is 4.21. The molecular weight excluding hydrogens is 360 g/mol. The molecule has 0 amide bonds. The van der Waals surface area contributed by atoms with E-state index in [1.54, 1.807) is 0 Å². The van der Waals surface area contributed by atoms with E-state index in [0.29, 0.717) is 0 Å². The molecule has 0 unspecified atom stereocenters. The predicted octanol–water partition coefficient (Wildman–Crippen LogP) is 7.04. The Hall–Kier alpha value is -3.12. The molecule has 0 heteroatoms. The van der Waals surface area contributed by atoms with Gasteiger partial charge in [0.15, 0.2) is 0 Å². The molecule has 0 saturated heterocycles. The van der Waals surface area contributed by atoms with E-state index in [-0.39, 0.29) is 0 Å². The Balaban J connectivity index is 1.40. The van der Waals surface area contributed by atoms with Gasteiger partial charge in [-0.25, -0.2) is 0 Å². The first-order valence-corrected chi connectivity index (χ1v) is 11.1. The molecule has 0 saturated carbocycles. The van der Waals surface area contributed by atoms with Crippen molar-refractivity contribution in [2.24, 2.45) is 0 Å². The Morgan fingerprint density at radius 2 is 0.533 bits per heavy atom. The summed E-state index contributed by atoms with van der Waals surface area (Å²) in [6.45, 7) is 0. The van der Waals surface area contributed by atoms with Crippen molar-refractivity contribution in [2.75, 3.05) is 0 Å². The molecule has 0 nitrogen and oxygen atoms in total. The summed E-state index contributed by atoms with van der Waals surface area (Å²) in [5.41, 5.74) is 8.79. The number of aryl methyl sites for hydroxylation is 6. The monoisotopic (exact) mass is 390 g/mol. The molecule has 0 aromatic heterocycles. The van der Waals surface area contributed by atoms with Crippen molar-refractivity contribution in [2.45, 2.75) is 38.5 Å². The average Bonchev–Trinajstić information content (AvgIpc) is 2.82. The molecule has 0 N–H and O–H groups in total. The van der Waals surface area contributed by atoms with Crippen LogP contribution in [0.15, 0.2) is 109 Å². The van der Waals surface area contributed by atoms with Gasteiger partial charge in [-0.05, 0) is 71.9 Å². The molecule has 0 bridgehead atoms. The molecule has 0 spiro atoms. The van der Waals surface area contributed by atoms with E-state index in [9.17, 15) is 0 Å². The molecule has 0 aliphatic heterocycles. The molecule has 30 heavy (non-hydrogen) atoms. The zero-order chi connectivity index (χ0) is 20.4. The van der Waals surface area contributed by atoms with Gasteiger partial charge in [0.25, 0.3) is 0 Å². The standard InChI is InChI=1S/C30H30/c1-3-11-25(12-4-1)19-21-27-15-7-9-17-29(27)23-24-30-18-10-8-16-28(30)22-20-26-13-5-2-6-14-26/h1-18H,19-24H2. The second-order valence-corrected chi connectivity index (χ2v) is 8.01. The normalized spacial score (nSPS) is 10.8. The first-order valence-electron chi connectivity index (χ1n) is 11.1. The van der Waals surface area contributed by atoms with Crippen LogP contribution in [0, 0.1) is 0 Å². The average molecular weight is 391 g/mol. The van der Waals surface area contributed by atoms with Crippen LogP contribution in [0.25, 0.3) is 0 Å². The van der Waals surface area contributed by atoms with E-state index in [2.05, 4.69) is 109 Å². The minimum Gasteiger partial charge on any atom is -0.0622 e. The van der Waals surface area contributed by atoms with Crippen molar-refractivity contribution < 1.29 is 0 Å². The quantitative estimate of drug-likeness (QED) is 0.287. The van der Waals surface area contributed by atoms with E-state index in [1.807, 2.05) is 0 Å². The summed E-state index contributed by atoms with van der Waals surface area (Å²) in [6.07, 6.45) is 6.63. The fraction of sp³-hybridized carbons (Fsp3) is 0.200. The van der Waals surface area contributed by atoms with Gasteiger partial charge in [0.05, 0.1) is 0 Å². The third kappa shape index (κ3) is 5.70. The number of rotatable bonds is 9. The van der Waals surface area contributed by atoms with Gasteiger partial charge in [-0.15, -0.1) is 0 Å². The lowest BCUT2D eigenvalue weighted by Crippen LogP contribution is -2.02. The number of hydrogen-bond acceptors (Lipinski definition) is 0. The summed E-state index contributed by atoms with van der Waals surface area (Å²) >= 11 is 0. The molecule has 0 atom stereocenters. The van der Waals surface area contributed by atoms with Crippen LogP contribution in [-0.4, -0.2) is 0 Å². The molecule has 4 aromatic rings. The van der Waals surface area contributed by atoms with Gasteiger partial charge in [-0.2, -0.15) is 0 Å². The molecule has 0 fully saturated rings. The molecule has 0 heterocycles. The Labute approximate surface area is 181 Å². The lowest BCUT2D eigenvalue weighted by Gasteiger charge is -2.13. The highest BCUT2D eigenvalue weighted by Crippen LogP contribution is 2.18. The van der Waals surface area contributed by atoms with Gasteiger partial charge < -0.3 is 0 Å². The van der Waals surface area contributed by atoms with Gasteiger partial charge in [-0.1, -0.05) is 109 Å². The Bertz CT molecular complexity index is 945. The first-order chi connectivity index (χ1) is 14.9. The fourth-order valence-electron chi connectivity index (χ4n) is 4.21. The smallest absolute Gasteiger partial charge is 0.0235 e. The van der Waals surface area contributed by atoms with Crippen LogP contribution < -0.4 is 0 Å². The molecule has 150 valence electrons. The molecule has 0 aliphatic carbocycles. The maximum absolute atomic E-state index is 2.31. The topological polar surface area (TPSA) is 0 Å². The SMILES string of the molecule is c1ccc(CCc2ccccc2CCc2ccccc2CCc2ccccc2)cc1. The molecule has 0 radical (unpaired) electrons. The van der Waals surface area contributed by atoms with E-state index in [0.717, 1.165) is 38.5 Å². The molecule has 0 aliphatic rings. The second kappa shape index (κ2) is 10.6. The number of benzene rings is 4. The highest BCUT2D eigenvalue weighted by atomic mass is 14.1. The minimum atomic E-state index is 1.10. The molecule has 4 aromatic carbocycles. The zero-order valence-electron chi connectivity index (χ0n) is 17.6. The van der Waals surface area contributed by atoms with Gasteiger partial charge in [0.1, 0.15) is 0 Å². The van der Waals surface area contributed by atoms with Gasteiger partial charge in [-0.3, -0.25) is 0 Å². The number of hydrogen-bond donors (Lipinski definition) is 0. The Kier molecular flexibility index (Phi) is 7.12. The van der Waals surface area contributed by atoms with Crippen LogP contribution in [-0.2, 0) is 38.5 Å². The van der Waals surface area contributed by atoms with Crippen LogP contribution in [0.1, 0.15) is 33.4 Å². The van der Waals surface area contributed by atoms with Crippen LogP contribution in [0.4, 0.5) is 0 Å². The predicted molar refractivity (Wildman–Crippen MR) is 128 cm³/mol. The molecule has 4 rings (SSSR count). The first kappa shape index (κ1) is 20.2. The zero-order valence-corrected chi connectivity index (χ0v) is 17.6. The van der Waals surface area contributed by atoms with Crippen LogP contribution in [0.3, 0.4) is 0 Å². The largest absolute Gasteiger partial charge is 0.0622 e. The van der Waals surface area contributed by atoms with E-state index < -0.39 is 0 Å². The van der Waals surface area contributed by atoms with Gasteiger partial charge in [0, 0.05) is 0 Å². The van der Waals surface area contributed by atoms with Gasteiger partial charge >= 0.3 is 0 Å². The summed E-state index contributed by atoms with van der Waals surface area (Å²) < 4.78 is 0. The Morgan fingerprint density at radius 1 is 0.267 bits per heavy atom. The van der Waals surface area contributed by atoms with Crippen LogP contribution >= 0.6 is 0 Å². The van der Waals surface area contributed by atoms with Crippen molar-refractivity contribution in [3.63, 3.8) is 0 Å². The summed E-state index contributed by atoms with van der Waals surface area (Å²) in [7, 11) is 0. The van der Waals surface area contributed by atoms with Crippen LogP contribution in [0.2, 0.25) is 0 Å².